The molecule has 3 aromatic rings. The molecule has 1 aromatic carbocycles. The first-order valence-corrected chi connectivity index (χ1v) is 9.18. The third-order valence-electron chi connectivity index (χ3n) is 4.66. The van der Waals surface area contributed by atoms with E-state index >= 15 is 0 Å². The minimum atomic E-state index is -0.672. The molecule has 3 rings (SSSR count). The fourth-order valence-corrected chi connectivity index (χ4v) is 2.96. The molecule has 0 saturated heterocycles. The Morgan fingerprint density at radius 2 is 1.93 bits per heavy atom. The number of nitrogens with zero attached hydrogens (tertiary/aromatic N) is 2. The number of pyridine rings is 1. The lowest BCUT2D eigenvalue weighted by Crippen LogP contribution is -2.32. The molecule has 1 unspecified atom stereocenters. The van der Waals surface area contributed by atoms with E-state index in [1.54, 1.807) is 13.0 Å². The van der Waals surface area contributed by atoms with E-state index in [0.29, 0.717) is 22.7 Å². The summed E-state index contributed by atoms with van der Waals surface area (Å²) in [6.45, 7) is 7.24. The number of rotatable bonds is 6. The van der Waals surface area contributed by atoms with Gasteiger partial charge in [0.05, 0.1) is 22.3 Å². The Labute approximate surface area is 162 Å². The number of halogens is 2. The number of amides is 1. The van der Waals surface area contributed by atoms with Crippen LogP contribution in [0.15, 0.2) is 30.3 Å². The van der Waals surface area contributed by atoms with Crippen molar-refractivity contribution in [3.63, 3.8) is 0 Å². The lowest BCUT2D eigenvalue weighted by molar-refractivity contribution is 0.0940. The summed E-state index contributed by atoms with van der Waals surface area (Å²) < 4.78 is 34.9. The SMILES string of the molecule is CCC(C)NC(=O)c1c(C)nn2c(OCc3c(F)cccc3F)cc(C)cc12. The molecule has 1 N–H and O–H groups in total. The van der Waals surface area contributed by atoms with E-state index in [4.69, 9.17) is 4.74 Å². The zero-order valence-corrected chi connectivity index (χ0v) is 16.3. The van der Waals surface area contributed by atoms with Crippen molar-refractivity contribution in [2.75, 3.05) is 0 Å². The Hall–Kier alpha value is -2.96. The van der Waals surface area contributed by atoms with Gasteiger partial charge in [0.25, 0.3) is 5.91 Å². The average molecular weight is 387 g/mol. The van der Waals surface area contributed by atoms with Gasteiger partial charge in [0.15, 0.2) is 0 Å². The molecule has 0 aliphatic carbocycles. The molecule has 0 bridgehead atoms. The first kappa shape index (κ1) is 19.8. The summed E-state index contributed by atoms with van der Waals surface area (Å²) in [6.07, 6.45) is 0.811. The zero-order valence-electron chi connectivity index (χ0n) is 16.3. The van der Waals surface area contributed by atoms with Crippen LogP contribution >= 0.6 is 0 Å². The Bertz CT molecular complexity index is 1010. The lowest BCUT2D eigenvalue weighted by atomic mass is 10.1. The van der Waals surface area contributed by atoms with E-state index in [9.17, 15) is 13.6 Å². The van der Waals surface area contributed by atoms with Crippen LogP contribution in [0, 0.1) is 25.5 Å². The van der Waals surface area contributed by atoms with Gasteiger partial charge in [0.1, 0.15) is 18.2 Å². The maximum atomic E-state index is 13.9. The van der Waals surface area contributed by atoms with Gasteiger partial charge >= 0.3 is 0 Å². The maximum Gasteiger partial charge on any atom is 0.255 e. The molecule has 0 spiro atoms. The molecule has 1 amide bonds. The zero-order chi connectivity index (χ0) is 20.4. The van der Waals surface area contributed by atoms with E-state index in [2.05, 4.69) is 10.4 Å². The van der Waals surface area contributed by atoms with Crippen molar-refractivity contribution >= 4 is 11.4 Å². The van der Waals surface area contributed by atoms with E-state index in [0.717, 1.165) is 12.0 Å². The maximum absolute atomic E-state index is 13.9. The molecule has 1 atom stereocenters. The topological polar surface area (TPSA) is 55.6 Å². The highest BCUT2D eigenvalue weighted by Gasteiger charge is 2.21. The number of fused-ring (bicyclic) bond motifs is 1. The highest BCUT2D eigenvalue weighted by Crippen LogP contribution is 2.25. The van der Waals surface area contributed by atoms with Crippen LogP contribution in [0.3, 0.4) is 0 Å². The number of ether oxygens (including phenoxy) is 1. The second-order valence-electron chi connectivity index (χ2n) is 6.90. The molecule has 0 aliphatic heterocycles. The van der Waals surface area contributed by atoms with Gasteiger partial charge in [0.2, 0.25) is 5.88 Å². The van der Waals surface area contributed by atoms with Crippen LogP contribution in [0.4, 0.5) is 8.78 Å². The van der Waals surface area contributed by atoms with Gasteiger partial charge in [-0.2, -0.15) is 9.61 Å². The smallest absolute Gasteiger partial charge is 0.255 e. The summed E-state index contributed by atoms with van der Waals surface area (Å²) in [4.78, 5) is 12.7. The van der Waals surface area contributed by atoms with Gasteiger partial charge in [-0.15, -0.1) is 0 Å². The predicted octanol–water partition coefficient (Wildman–Crippen LogP) is 4.34. The fraction of sp³-hybridized carbons (Fsp3) is 0.333. The van der Waals surface area contributed by atoms with E-state index in [1.807, 2.05) is 26.8 Å². The van der Waals surface area contributed by atoms with Crippen LogP contribution in [-0.2, 0) is 6.61 Å². The molecule has 2 heterocycles. The Morgan fingerprint density at radius 3 is 2.57 bits per heavy atom. The van der Waals surface area contributed by atoms with Crippen LogP contribution in [0.2, 0.25) is 0 Å². The highest BCUT2D eigenvalue weighted by molar-refractivity contribution is 6.02. The van der Waals surface area contributed by atoms with Crippen molar-refractivity contribution in [2.24, 2.45) is 0 Å². The minimum absolute atomic E-state index is 0.0337. The molecule has 148 valence electrons. The normalized spacial score (nSPS) is 12.2. The molecule has 0 radical (unpaired) electrons. The number of nitrogens with one attached hydrogen (secondary N) is 1. The van der Waals surface area contributed by atoms with Crippen molar-refractivity contribution in [1.29, 1.82) is 0 Å². The van der Waals surface area contributed by atoms with Crippen LogP contribution in [0.25, 0.3) is 5.52 Å². The molecule has 0 saturated carbocycles. The monoisotopic (exact) mass is 387 g/mol. The molecule has 28 heavy (non-hydrogen) atoms. The second kappa shape index (κ2) is 7.96. The van der Waals surface area contributed by atoms with Gasteiger partial charge in [-0.25, -0.2) is 8.78 Å². The van der Waals surface area contributed by atoms with Crippen molar-refractivity contribution in [3.8, 4) is 5.88 Å². The number of hydrogen-bond donors (Lipinski definition) is 1. The Kier molecular flexibility index (Phi) is 5.63. The van der Waals surface area contributed by atoms with E-state index < -0.39 is 11.6 Å². The molecule has 2 aromatic heterocycles. The predicted molar refractivity (Wildman–Crippen MR) is 103 cm³/mol. The number of carbonyl (C=O) groups is 1. The van der Waals surface area contributed by atoms with Gasteiger partial charge < -0.3 is 10.1 Å². The molecular weight excluding hydrogens is 364 g/mol. The summed E-state index contributed by atoms with van der Waals surface area (Å²) in [7, 11) is 0. The Morgan fingerprint density at radius 1 is 1.25 bits per heavy atom. The van der Waals surface area contributed by atoms with E-state index in [1.165, 1.54) is 22.7 Å². The third kappa shape index (κ3) is 3.83. The van der Waals surface area contributed by atoms with Crippen molar-refractivity contribution in [3.05, 3.63) is 64.4 Å². The van der Waals surface area contributed by atoms with Crippen LogP contribution in [0.1, 0.15) is 47.4 Å². The average Bonchev–Trinajstić information content (AvgIpc) is 2.96. The molecule has 0 aliphatic rings. The number of aromatic nitrogens is 2. The molecule has 7 heteroatoms. The standard InChI is InChI=1S/C21H23F2N3O2/c1-5-13(3)24-21(27)20-14(4)25-26-18(20)9-12(2)10-19(26)28-11-15-16(22)7-6-8-17(15)23/h6-10,13H,5,11H2,1-4H3,(H,24,27). The largest absolute Gasteiger partial charge is 0.473 e. The third-order valence-corrected chi connectivity index (χ3v) is 4.66. The summed E-state index contributed by atoms with van der Waals surface area (Å²) >= 11 is 0. The number of aryl methyl sites for hydroxylation is 2. The Balaban J connectivity index is 1.98. The van der Waals surface area contributed by atoms with Gasteiger partial charge in [-0.3, -0.25) is 4.79 Å². The van der Waals surface area contributed by atoms with Crippen LogP contribution in [-0.4, -0.2) is 21.6 Å². The summed E-state index contributed by atoms with van der Waals surface area (Å²) in [5, 5.41) is 7.35. The molecular formula is C21H23F2N3O2. The van der Waals surface area contributed by atoms with Crippen molar-refractivity contribution in [2.45, 2.75) is 46.8 Å². The van der Waals surface area contributed by atoms with Crippen LogP contribution in [0.5, 0.6) is 5.88 Å². The summed E-state index contributed by atoms with van der Waals surface area (Å²) in [5.74, 6) is -1.25. The number of hydrogen-bond acceptors (Lipinski definition) is 3. The number of carbonyl (C=O) groups excluding carboxylic acids is 1. The first-order chi connectivity index (χ1) is 13.3. The number of benzene rings is 1. The first-order valence-electron chi connectivity index (χ1n) is 9.18. The van der Waals surface area contributed by atoms with Gasteiger partial charge in [-0.1, -0.05) is 13.0 Å². The lowest BCUT2D eigenvalue weighted by Gasteiger charge is -2.12. The second-order valence-corrected chi connectivity index (χ2v) is 6.90. The summed E-state index contributed by atoms with van der Waals surface area (Å²) in [5.41, 5.74) is 2.28. The molecule has 0 fully saturated rings. The minimum Gasteiger partial charge on any atom is -0.473 e. The van der Waals surface area contributed by atoms with Crippen LogP contribution < -0.4 is 10.1 Å². The van der Waals surface area contributed by atoms with Crippen molar-refractivity contribution in [1.82, 2.24) is 14.9 Å². The fourth-order valence-electron chi connectivity index (χ4n) is 2.96. The van der Waals surface area contributed by atoms with Gasteiger partial charge in [0, 0.05) is 12.1 Å². The summed E-state index contributed by atoms with van der Waals surface area (Å²) in [6, 6.07) is 7.26. The van der Waals surface area contributed by atoms with Gasteiger partial charge in [-0.05, 0) is 51.0 Å². The van der Waals surface area contributed by atoms with Crippen molar-refractivity contribution < 1.29 is 18.3 Å². The highest BCUT2D eigenvalue weighted by atomic mass is 19.1. The quantitative estimate of drug-likeness (QED) is 0.685. The van der Waals surface area contributed by atoms with E-state index in [-0.39, 0.29) is 24.1 Å². The molecule has 5 nitrogen and oxygen atoms in total.